The molecule has 0 saturated heterocycles. The Bertz CT molecular complexity index is 433. The van der Waals surface area contributed by atoms with Crippen molar-refractivity contribution in [2.75, 3.05) is 0 Å². The number of rotatable bonds is 1. The molecule has 1 aromatic rings. The molecule has 2 rings (SSSR count). The monoisotopic (exact) mass is 220 g/mol. The molecule has 0 amide bonds. The molecule has 2 heterocycles. The molecule has 0 saturated carbocycles. The summed E-state index contributed by atoms with van der Waals surface area (Å²) in [5.41, 5.74) is 2.41. The zero-order valence-corrected chi connectivity index (χ0v) is 10.1. The van der Waals surface area contributed by atoms with E-state index < -0.39 is 0 Å². The van der Waals surface area contributed by atoms with Gasteiger partial charge in [0.15, 0.2) is 0 Å². The lowest BCUT2D eigenvalue weighted by molar-refractivity contribution is 0.815. The van der Waals surface area contributed by atoms with Crippen LogP contribution >= 0.6 is 10.7 Å². The summed E-state index contributed by atoms with van der Waals surface area (Å²) in [7, 11) is 0.0448. The Hall–Kier alpha value is -1.09. The van der Waals surface area contributed by atoms with E-state index in [1.807, 2.05) is 12.4 Å². The van der Waals surface area contributed by atoms with E-state index in [1.165, 1.54) is 16.2 Å². The molecule has 0 aliphatic carbocycles. The average Bonchev–Trinajstić information content (AvgIpc) is 2.27. The summed E-state index contributed by atoms with van der Waals surface area (Å²) in [6.45, 7) is 6.44. The van der Waals surface area contributed by atoms with Crippen LogP contribution in [0.3, 0.4) is 0 Å². The fraction of sp³-hybridized carbons (Fsp3) is 0.333. The average molecular weight is 220 g/mol. The molecule has 0 spiro atoms. The van der Waals surface area contributed by atoms with Crippen molar-refractivity contribution >= 4 is 22.1 Å². The van der Waals surface area contributed by atoms with Crippen molar-refractivity contribution in [2.24, 2.45) is 0 Å². The molecule has 2 nitrogen and oxygen atoms in total. The van der Waals surface area contributed by atoms with Gasteiger partial charge in [-0.25, -0.2) is 0 Å². The topological polar surface area (TPSA) is 24.9 Å². The van der Waals surface area contributed by atoms with E-state index >= 15 is 0 Å². The number of hydrogen-bond acceptors (Lipinski definition) is 2. The Balaban J connectivity index is 2.54. The summed E-state index contributed by atoms with van der Waals surface area (Å²) in [4.78, 5) is 5.83. The lowest BCUT2D eigenvalue weighted by Crippen LogP contribution is -2.05. The maximum absolute atomic E-state index is 4.47. The summed E-state index contributed by atoms with van der Waals surface area (Å²) < 4.78 is 3.35. The summed E-state index contributed by atoms with van der Waals surface area (Å²) in [5, 5.41) is 2.20. The first-order valence-corrected chi connectivity index (χ1v) is 6.46. The van der Waals surface area contributed by atoms with Gasteiger partial charge < -0.3 is 4.72 Å². The van der Waals surface area contributed by atoms with Gasteiger partial charge in [0.25, 0.3) is 0 Å². The highest BCUT2D eigenvalue weighted by Crippen LogP contribution is 2.31. The summed E-state index contributed by atoms with van der Waals surface area (Å²) in [6.07, 6.45) is 6.06. The van der Waals surface area contributed by atoms with Crippen molar-refractivity contribution in [3.63, 3.8) is 0 Å². The minimum atomic E-state index is 0.0448. The highest BCUT2D eigenvalue weighted by Gasteiger charge is 2.10. The number of aromatic nitrogens is 1. The smallest absolute Gasteiger partial charge is 0.0441 e. The molecule has 0 fully saturated rings. The third kappa shape index (κ3) is 1.97. The fourth-order valence-corrected chi connectivity index (χ4v) is 2.90. The van der Waals surface area contributed by atoms with Crippen LogP contribution in [-0.4, -0.2) is 10.4 Å². The normalized spacial score (nSPS) is 19.1. The Morgan fingerprint density at radius 1 is 1.47 bits per heavy atom. The first-order valence-electron chi connectivity index (χ1n) is 5.17. The molecule has 15 heavy (non-hydrogen) atoms. The zero-order valence-electron chi connectivity index (χ0n) is 9.32. The minimum Gasteiger partial charge on any atom is -0.339 e. The Morgan fingerprint density at radius 2 is 2.27 bits per heavy atom. The Labute approximate surface area is 93.5 Å². The van der Waals surface area contributed by atoms with Gasteiger partial charge in [0, 0.05) is 28.5 Å². The summed E-state index contributed by atoms with van der Waals surface area (Å²) in [5.74, 6) is 0.489. The van der Waals surface area contributed by atoms with E-state index in [-0.39, 0.29) is 10.7 Å². The number of fused-ring (bicyclic) bond motifs is 1. The van der Waals surface area contributed by atoms with E-state index in [1.54, 1.807) is 0 Å². The van der Waals surface area contributed by atoms with Crippen LogP contribution in [-0.2, 0) is 0 Å². The maximum Gasteiger partial charge on any atom is 0.0441 e. The highest BCUT2D eigenvalue weighted by atomic mass is 32.2. The second-order valence-corrected chi connectivity index (χ2v) is 5.65. The van der Waals surface area contributed by atoms with Gasteiger partial charge in [0.05, 0.1) is 0 Å². The van der Waals surface area contributed by atoms with Crippen LogP contribution in [0.4, 0.5) is 0 Å². The number of nitrogens with one attached hydrogen (secondary N) is 1. The van der Waals surface area contributed by atoms with E-state index in [2.05, 4.69) is 48.0 Å². The van der Waals surface area contributed by atoms with Crippen LogP contribution in [0.1, 0.15) is 37.9 Å². The van der Waals surface area contributed by atoms with Gasteiger partial charge in [-0.2, -0.15) is 0 Å². The van der Waals surface area contributed by atoms with Gasteiger partial charge in [-0.3, -0.25) is 4.98 Å². The van der Waals surface area contributed by atoms with Gasteiger partial charge in [0.1, 0.15) is 0 Å². The Morgan fingerprint density at radius 3 is 2.93 bits per heavy atom. The third-order valence-electron chi connectivity index (χ3n) is 2.44. The van der Waals surface area contributed by atoms with Crippen LogP contribution < -0.4 is 4.72 Å². The maximum atomic E-state index is 4.47. The van der Waals surface area contributed by atoms with Gasteiger partial charge in [0.2, 0.25) is 0 Å². The molecule has 1 unspecified atom stereocenters. The first kappa shape index (κ1) is 10.4. The summed E-state index contributed by atoms with van der Waals surface area (Å²) in [6, 6.07) is 2.22. The van der Waals surface area contributed by atoms with E-state index in [0.29, 0.717) is 5.92 Å². The molecule has 1 atom stereocenters. The number of hydrogen-bond donors (Lipinski definition) is 1. The zero-order chi connectivity index (χ0) is 10.8. The van der Waals surface area contributed by atoms with Crippen molar-refractivity contribution in [3.05, 3.63) is 29.7 Å². The Kier molecular flexibility index (Phi) is 2.91. The van der Waals surface area contributed by atoms with Gasteiger partial charge >= 0.3 is 0 Å². The first-order chi connectivity index (χ1) is 7.22. The standard InChI is InChI=1S/C12H16N2S/c1-4-15-12-7-11(9(2)3)13-8-10(12)5-6-14-15/h4-9,14H,1-3H3. The molecule has 0 radical (unpaired) electrons. The van der Waals surface area contributed by atoms with Crippen LogP contribution in [0.5, 0.6) is 0 Å². The number of pyridine rings is 1. The lowest BCUT2D eigenvalue weighted by atomic mass is 10.1. The molecule has 1 aliphatic heterocycles. The summed E-state index contributed by atoms with van der Waals surface area (Å²) >= 11 is 0. The highest BCUT2D eigenvalue weighted by molar-refractivity contribution is 8.13. The molecule has 0 bridgehead atoms. The van der Waals surface area contributed by atoms with E-state index in [0.717, 1.165) is 0 Å². The molecule has 3 heteroatoms. The molecule has 1 N–H and O–H groups in total. The molecular formula is C12H16N2S. The van der Waals surface area contributed by atoms with Crippen LogP contribution in [0.2, 0.25) is 0 Å². The lowest BCUT2D eigenvalue weighted by Gasteiger charge is -2.18. The van der Waals surface area contributed by atoms with Crippen molar-refractivity contribution in [1.29, 1.82) is 0 Å². The van der Waals surface area contributed by atoms with Gasteiger partial charge in [-0.05, 0) is 30.4 Å². The molecule has 1 aromatic heterocycles. The van der Waals surface area contributed by atoms with Crippen molar-refractivity contribution in [2.45, 2.75) is 31.6 Å². The second kappa shape index (κ2) is 4.19. The molecule has 80 valence electrons. The molecule has 1 aliphatic rings. The van der Waals surface area contributed by atoms with Crippen LogP contribution in [0.15, 0.2) is 23.4 Å². The predicted molar refractivity (Wildman–Crippen MR) is 68.1 cm³/mol. The van der Waals surface area contributed by atoms with Crippen LogP contribution in [0, 0.1) is 0 Å². The quantitative estimate of drug-likeness (QED) is 0.735. The van der Waals surface area contributed by atoms with Gasteiger partial charge in [-0.15, -0.1) is 0 Å². The van der Waals surface area contributed by atoms with Crippen LogP contribution in [0.25, 0.3) is 6.08 Å². The van der Waals surface area contributed by atoms with Crippen molar-refractivity contribution in [3.8, 4) is 0 Å². The van der Waals surface area contributed by atoms with Crippen molar-refractivity contribution in [1.82, 2.24) is 9.71 Å². The third-order valence-corrected chi connectivity index (χ3v) is 4.13. The van der Waals surface area contributed by atoms with E-state index in [9.17, 15) is 0 Å². The van der Waals surface area contributed by atoms with Gasteiger partial charge in [-0.1, -0.05) is 24.5 Å². The largest absolute Gasteiger partial charge is 0.339 e. The second-order valence-electron chi connectivity index (χ2n) is 3.83. The predicted octanol–water partition coefficient (Wildman–Crippen LogP) is 3.14. The van der Waals surface area contributed by atoms with E-state index in [4.69, 9.17) is 0 Å². The minimum absolute atomic E-state index is 0.0448. The molecule has 0 aromatic carbocycles. The molecular weight excluding hydrogens is 204 g/mol. The number of nitrogens with zero attached hydrogens (tertiary/aromatic N) is 1. The van der Waals surface area contributed by atoms with Crippen molar-refractivity contribution < 1.29 is 0 Å². The SMILES string of the molecule is C/C=S1/NC=Cc2cnc(C(C)C)cc21. The fourth-order valence-electron chi connectivity index (χ4n) is 1.55.